The number of amides is 1. The Morgan fingerprint density at radius 3 is 1.28 bits per heavy atom. The van der Waals surface area contributed by atoms with Gasteiger partial charge in [0.2, 0.25) is 15.9 Å². The van der Waals surface area contributed by atoms with E-state index in [0.29, 0.717) is 22.3 Å². The largest absolute Gasteiger partial charge is 0.274 e. The summed E-state index contributed by atoms with van der Waals surface area (Å²) in [6.07, 6.45) is 1.06. The number of primary sulfonamides is 1. The summed E-state index contributed by atoms with van der Waals surface area (Å²) in [5.41, 5.74) is 10.4. The molecule has 1 unspecified atom stereocenters. The van der Waals surface area contributed by atoms with Gasteiger partial charge in [-0.1, -0.05) is 38.5 Å². The Hall–Kier alpha value is -2.04. The number of nitrogens with one attached hydrogen (secondary N) is 1. The smallest absolute Gasteiger partial charge is 0.264 e. The maximum Gasteiger partial charge on any atom is 0.264 e. The number of halogens is 2. The normalized spacial score (nSPS) is 12.1. The number of benzene rings is 3. The SMILES string of the molecule is CCC(C)CC(=O)NS(=O)(=O)c1c(C)cc(C)c(C)c1C.Cc1cc(C)c(S(=O)(=O)Cl)c(C)c1C.Cc1cc(C)c(S(N)(=O)=O)c(C)c1C.I. The van der Waals surface area contributed by atoms with Gasteiger partial charge in [0.05, 0.1) is 14.7 Å². The molecule has 0 heterocycles. The van der Waals surface area contributed by atoms with Gasteiger partial charge in [0.1, 0.15) is 0 Å². The topological polar surface area (TPSA) is 158 Å². The lowest BCUT2D eigenvalue weighted by Crippen LogP contribution is -2.32. The van der Waals surface area contributed by atoms with Crippen molar-refractivity contribution in [3.05, 3.63) is 85.0 Å². The van der Waals surface area contributed by atoms with Crippen LogP contribution in [0.4, 0.5) is 0 Å². The van der Waals surface area contributed by atoms with Gasteiger partial charge in [-0.15, -0.1) is 24.0 Å². The Balaban J connectivity index is 0.000000736. The molecule has 9 nitrogen and oxygen atoms in total. The summed E-state index contributed by atoms with van der Waals surface area (Å²) in [4.78, 5) is 12.6. The number of nitrogens with two attached hydrogens (primary N) is 1. The van der Waals surface area contributed by atoms with E-state index in [4.69, 9.17) is 15.8 Å². The lowest BCUT2D eigenvalue weighted by molar-refractivity contribution is -0.120. The molecule has 0 radical (unpaired) electrons. The van der Waals surface area contributed by atoms with Crippen LogP contribution in [-0.4, -0.2) is 31.2 Å². The van der Waals surface area contributed by atoms with Crippen molar-refractivity contribution >= 4 is 69.7 Å². The van der Waals surface area contributed by atoms with E-state index in [2.05, 4.69) is 4.72 Å². The molecule has 3 aromatic rings. The highest BCUT2D eigenvalue weighted by atomic mass is 127. The lowest BCUT2D eigenvalue weighted by atomic mass is 10.0. The monoisotopic (exact) mass is 884 g/mol. The number of hydrogen-bond donors (Lipinski definition) is 2. The predicted molar refractivity (Wildman–Crippen MR) is 215 cm³/mol. The Labute approximate surface area is 322 Å². The van der Waals surface area contributed by atoms with Crippen LogP contribution >= 0.6 is 34.7 Å². The van der Waals surface area contributed by atoms with Crippen LogP contribution in [0.2, 0.25) is 0 Å². The van der Waals surface area contributed by atoms with Crippen molar-refractivity contribution in [1.82, 2.24) is 4.72 Å². The molecule has 3 aromatic carbocycles. The summed E-state index contributed by atoms with van der Waals surface area (Å²) in [6.45, 7) is 26.1. The average Bonchev–Trinajstić information content (AvgIpc) is 2.92. The number of aryl methyl sites for hydroxylation is 6. The molecule has 1 atom stereocenters. The van der Waals surface area contributed by atoms with Gasteiger partial charge in [0, 0.05) is 17.1 Å². The van der Waals surface area contributed by atoms with Crippen LogP contribution < -0.4 is 9.86 Å². The zero-order chi connectivity index (χ0) is 38.6. The second-order valence-electron chi connectivity index (χ2n) is 13.0. The first-order valence-corrected chi connectivity index (χ1v) is 21.2. The highest BCUT2D eigenvalue weighted by Gasteiger charge is 2.24. The van der Waals surface area contributed by atoms with E-state index in [1.54, 1.807) is 41.5 Å². The highest BCUT2D eigenvalue weighted by Crippen LogP contribution is 2.29. The minimum absolute atomic E-state index is 0. The predicted octanol–water partition coefficient (Wildman–Crippen LogP) is 8.19. The quantitative estimate of drug-likeness (QED) is 0.179. The van der Waals surface area contributed by atoms with Crippen molar-refractivity contribution in [2.75, 3.05) is 0 Å². The maximum absolute atomic E-state index is 12.5. The first-order chi connectivity index (χ1) is 22.1. The third kappa shape index (κ3) is 12.3. The molecular formula is C36H54ClIN2O7S3. The van der Waals surface area contributed by atoms with E-state index in [-0.39, 0.29) is 51.0 Å². The molecule has 0 aliphatic carbocycles. The summed E-state index contributed by atoms with van der Waals surface area (Å²) in [5.74, 6) is -0.275. The number of rotatable bonds is 7. The Morgan fingerprint density at radius 2 is 0.940 bits per heavy atom. The molecule has 0 bridgehead atoms. The Morgan fingerprint density at radius 1 is 0.620 bits per heavy atom. The summed E-state index contributed by atoms with van der Waals surface area (Å²) in [5, 5.41) is 5.15. The van der Waals surface area contributed by atoms with Gasteiger partial charge >= 0.3 is 0 Å². The second-order valence-corrected chi connectivity index (χ2v) is 18.6. The van der Waals surface area contributed by atoms with Crippen molar-refractivity contribution in [3.8, 4) is 0 Å². The first-order valence-electron chi connectivity index (χ1n) is 15.8. The van der Waals surface area contributed by atoms with Crippen LogP contribution in [0.15, 0.2) is 32.9 Å². The minimum atomic E-state index is -3.81. The molecule has 282 valence electrons. The van der Waals surface area contributed by atoms with E-state index in [1.165, 1.54) is 0 Å². The second kappa shape index (κ2) is 18.6. The molecule has 50 heavy (non-hydrogen) atoms. The first kappa shape index (κ1) is 48.0. The van der Waals surface area contributed by atoms with Crippen LogP contribution in [0, 0.1) is 89.0 Å². The molecule has 14 heteroatoms. The fraction of sp³-hybridized carbons (Fsp3) is 0.472. The van der Waals surface area contributed by atoms with Gasteiger partial charge in [-0.05, 0) is 156 Å². The van der Waals surface area contributed by atoms with Crippen molar-refractivity contribution in [2.24, 2.45) is 11.1 Å². The van der Waals surface area contributed by atoms with E-state index in [0.717, 1.165) is 50.9 Å². The summed E-state index contributed by atoms with van der Waals surface area (Å²) >= 11 is 0. The molecule has 3 rings (SSSR count). The van der Waals surface area contributed by atoms with Crippen LogP contribution in [0.1, 0.15) is 93.5 Å². The molecule has 1 amide bonds. The summed E-state index contributed by atoms with van der Waals surface area (Å²) in [6, 6.07) is 5.54. The zero-order valence-electron chi connectivity index (χ0n) is 31.7. The molecule has 0 fully saturated rings. The fourth-order valence-electron chi connectivity index (χ4n) is 5.71. The van der Waals surface area contributed by atoms with Gasteiger partial charge in [-0.3, -0.25) is 4.79 Å². The highest BCUT2D eigenvalue weighted by molar-refractivity contribution is 14.0. The molecule has 0 aliphatic heterocycles. The van der Waals surface area contributed by atoms with Crippen LogP contribution in [0.5, 0.6) is 0 Å². The van der Waals surface area contributed by atoms with Gasteiger partial charge in [-0.2, -0.15) is 0 Å². The molecule has 3 N–H and O–H groups in total. The van der Waals surface area contributed by atoms with Gasteiger partial charge in [0.25, 0.3) is 19.1 Å². The number of carbonyl (C=O) groups excluding carboxylic acids is 1. The van der Waals surface area contributed by atoms with Crippen molar-refractivity contribution in [3.63, 3.8) is 0 Å². The van der Waals surface area contributed by atoms with Crippen LogP contribution in [0.25, 0.3) is 0 Å². The fourth-order valence-corrected chi connectivity index (χ4v) is 10.00. The minimum Gasteiger partial charge on any atom is -0.274 e. The third-order valence-corrected chi connectivity index (χ3v) is 13.6. The Bertz CT molecular complexity index is 1990. The summed E-state index contributed by atoms with van der Waals surface area (Å²) < 4.78 is 72.4. The molecular weight excluding hydrogens is 831 g/mol. The van der Waals surface area contributed by atoms with E-state index < -0.39 is 35.0 Å². The molecule has 0 saturated heterocycles. The maximum atomic E-state index is 12.5. The number of hydrogen-bond acceptors (Lipinski definition) is 7. The van der Waals surface area contributed by atoms with Crippen molar-refractivity contribution < 1.29 is 30.0 Å². The van der Waals surface area contributed by atoms with E-state index in [1.807, 2.05) is 73.6 Å². The van der Waals surface area contributed by atoms with Crippen LogP contribution in [-0.2, 0) is 33.9 Å². The third-order valence-electron chi connectivity index (χ3n) is 9.13. The number of sulfonamides is 2. The number of carbonyl (C=O) groups is 1. The van der Waals surface area contributed by atoms with Crippen molar-refractivity contribution in [1.29, 1.82) is 0 Å². The molecule has 0 saturated carbocycles. The van der Waals surface area contributed by atoms with Gasteiger partial charge < -0.3 is 0 Å². The molecule has 0 spiro atoms. The standard InChI is InChI=1S/C16H25NO3S.C10H13ClO2S.C10H15NO2S.HI/c1-7-10(2)8-15(18)17-21(19,20)16-12(4)9-11(3)13(5)14(16)6;2*1-6-5-7(2)10(14(11,12)13)9(4)8(6)3;/h9-10H,7-8H2,1-6H3,(H,17,18);5H,1-4H3;5H,1-4H3,(H2,11,12,13);1H. The van der Waals surface area contributed by atoms with E-state index >= 15 is 0 Å². The van der Waals surface area contributed by atoms with Gasteiger partial charge in [-0.25, -0.2) is 35.1 Å². The average molecular weight is 885 g/mol. The molecule has 0 aliphatic rings. The Kier molecular flexibility index (Phi) is 17.9. The van der Waals surface area contributed by atoms with Crippen LogP contribution in [0.3, 0.4) is 0 Å². The van der Waals surface area contributed by atoms with Gasteiger partial charge in [0.15, 0.2) is 0 Å². The van der Waals surface area contributed by atoms with Crippen molar-refractivity contribution in [2.45, 2.75) is 124 Å². The zero-order valence-corrected chi connectivity index (χ0v) is 37.2. The molecule has 0 aromatic heterocycles. The lowest BCUT2D eigenvalue weighted by Gasteiger charge is -2.16. The summed E-state index contributed by atoms with van der Waals surface area (Å²) in [7, 11) is -5.68. The van der Waals surface area contributed by atoms with E-state index in [9.17, 15) is 30.0 Å².